The number of piperazine rings is 1. The predicted octanol–water partition coefficient (Wildman–Crippen LogP) is 1.94. The van der Waals surface area contributed by atoms with E-state index in [2.05, 4.69) is 0 Å². The molecule has 1 fully saturated rings. The average Bonchev–Trinajstić information content (AvgIpc) is 2.60. The Kier molecular flexibility index (Phi) is 5.49. The second kappa shape index (κ2) is 7.43. The van der Waals surface area contributed by atoms with Crippen molar-refractivity contribution < 1.29 is 34.4 Å². The van der Waals surface area contributed by atoms with E-state index in [9.17, 15) is 34.4 Å². The van der Waals surface area contributed by atoms with Crippen molar-refractivity contribution in [3.63, 3.8) is 0 Å². The third-order valence-corrected chi connectivity index (χ3v) is 7.99. The van der Waals surface area contributed by atoms with Crippen molar-refractivity contribution >= 4 is 20.0 Å². The van der Waals surface area contributed by atoms with Crippen LogP contribution in [-0.4, -0.2) is 51.6 Å². The molecule has 28 heavy (non-hydrogen) atoms. The van der Waals surface area contributed by atoms with E-state index in [1.54, 1.807) is 0 Å². The van der Waals surface area contributed by atoms with Gasteiger partial charge in [0.25, 0.3) is 0 Å². The molecule has 0 aromatic heterocycles. The number of sulfonamides is 2. The Hall–Kier alpha value is -2.02. The summed E-state index contributed by atoms with van der Waals surface area (Å²) in [4.78, 5) is -1.32. The van der Waals surface area contributed by atoms with Gasteiger partial charge in [0, 0.05) is 38.3 Å². The second-order valence-electron chi connectivity index (χ2n) is 5.99. The SMILES string of the molecule is O=S(=O)(c1cc(F)cc(F)c1)N1CCN(S(=O)(=O)c2ccc(F)cc2F)CC1. The summed E-state index contributed by atoms with van der Waals surface area (Å²) in [6.07, 6.45) is 0. The topological polar surface area (TPSA) is 74.8 Å². The maximum absolute atomic E-state index is 13.8. The first-order valence-corrected chi connectivity index (χ1v) is 10.8. The lowest BCUT2D eigenvalue weighted by atomic mass is 10.3. The summed E-state index contributed by atoms with van der Waals surface area (Å²) in [6.45, 7) is -1.22. The first-order chi connectivity index (χ1) is 13.0. The van der Waals surface area contributed by atoms with E-state index in [-0.39, 0.29) is 26.2 Å². The van der Waals surface area contributed by atoms with Gasteiger partial charge in [-0.1, -0.05) is 0 Å². The second-order valence-corrected chi connectivity index (χ2v) is 9.83. The van der Waals surface area contributed by atoms with E-state index in [0.29, 0.717) is 24.3 Å². The smallest absolute Gasteiger partial charge is 0.207 e. The molecule has 0 spiro atoms. The molecule has 0 aliphatic carbocycles. The van der Waals surface area contributed by atoms with Crippen LogP contribution >= 0.6 is 0 Å². The first kappa shape index (κ1) is 20.7. The van der Waals surface area contributed by atoms with Crippen LogP contribution in [0.5, 0.6) is 0 Å². The number of hydrogen-bond donors (Lipinski definition) is 0. The normalized spacial score (nSPS) is 17.0. The van der Waals surface area contributed by atoms with E-state index in [1.807, 2.05) is 0 Å². The van der Waals surface area contributed by atoms with Gasteiger partial charge in [0.2, 0.25) is 20.0 Å². The van der Waals surface area contributed by atoms with Crippen LogP contribution in [0.15, 0.2) is 46.2 Å². The predicted molar refractivity (Wildman–Crippen MR) is 90.2 cm³/mol. The molecule has 0 N–H and O–H groups in total. The van der Waals surface area contributed by atoms with Crippen LogP contribution < -0.4 is 0 Å². The van der Waals surface area contributed by atoms with Crippen LogP contribution in [0.25, 0.3) is 0 Å². The van der Waals surface area contributed by atoms with Gasteiger partial charge in [0.05, 0.1) is 4.90 Å². The molecule has 2 aromatic carbocycles. The third kappa shape index (κ3) is 3.90. The van der Waals surface area contributed by atoms with E-state index < -0.39 is 53.1 Å². The molecule has 2 aromatic rings. The largest absolute Gasteiger partial charge is 0.246 e. The first-order valence-electron chi connectivity index (χ1n) is 7.93. The van der Waals surface area contributed by atoms with E-state index in [0.717, 1.165) is 20.7 Å². The average molecular weight is 438 g/mol. The third-order valence-electron chi connectivity index (χ3n) is 4.18. The highest BCUT2D eigenvalue weighted by Gasteiger charge is 2.35. The maximum atomic E-state index is 13.8. The van der Waals surface area contributed by atoms with Crippen molar-refractivity contribution in [3.8, 4) is 0 Å². The minimum atomic E-state index is -4.31. The minimum absolute atomic E-state index is 0.303. The quantitative estimate of drug-likeness (QED) is 0.684. The Morgan fingerprint density at radius 2 is 1.14 bits per heavy atom. The molecule has 1 heterocycles. The molecule has 0 atom stereocenters. The minimum Gasteiger partial charge on any atom is -0.207 e. The molecule has 0 saturated carbocycles. The number of hydrogen-bond acceptors (Lipinski definition) is 4. The Labute approximate surface area is 159 Å². The molecule has 0 amide bonds. The van der Waals surface area contributed by atoms with Crippen molar-refractivity contribution in [2.75, 3.05) is 26.2 Å². The van der Waals surface area contributed by atoms with Crippen molar-refractivity contribution in [1.82, 2.24) is 8.61 Å². The van der Waals surface area contributed by atoms with Gasteiger partial charge >= 0.3 is 0 Å². The lowest BCUT2D eigenvalue weighted by Gasteiger charge is -2.33. The van der Waals surface area contributed by atoms with Crippen molar-refractivity contribution in [3.05, 3.63) is 59.7 Å². The molecule has 3 rings (SSSR count). The summed E-state index contributed by atoms with van der Waals surface area (Å²) >= 11 is 0. The van der Waals surface area contributed by atoms with Crippen molar-refractivity contribution in [1.29, 1.82) is 0 Å². The maximum Gasteiger partial charge on any atom is 0.246 e. The molecule has 0 unspecified atom stereocenters. The number of benzene rings is 2. The molecule has 152 valence electrons. The Morgan fingerprint density at radius 3 is 1.64 bits per heavy atom. The fourth-order valence-electron chi connectivity index (χ4n) is 2.80. The van der Waals surface area contributed by atoms with Crippen LogP contribution in [-0.2, 0) is 20.0 Å². The van der Waals surface area contributed by atoms with Gasteiger partial charge in [-0.2, -0.15) is 8.61 Å². The lowest BCUT2D eigenvalue weighted by molar-refractivity contribution is 0.272. The van der Waals surface area contributed by atoms with Crippen molar-refractivity contribution in [2.24, 2.45) is 0 Å². The zero-order valence-corrected chi connectivity index (χ0v) is 15.8. The number of rotatable bonds is 4. The fraction of sp³-hybridized carbons (Fsp3) is 0.250. The Bertz CT molecular complexity index is 1100. The summed E-state index contributed by atoms with van der Waals surface area (Å²) in [5.41, 5.74) is 0. The van der Waals surface area contributed by atoms with Crippen molar-refractivity contribution in [2.45, 2.75) is 9.79 Å². The lowest BCUT2D eigenvalue weighted by Crippen LogP contribution is -2.50. The summed E-state index contributed by atoms with van der Waals surface area (Å²) in [7, 11) is -8.55. The molecular formula is C16H14F4N2O4S2. The van der Waals surface area contributed by atoms with Gasteiger partial charge in [-0.05, 0) is 24.3 Å². The van der Waals surface area contributed by atoms with Gasteiger partial charge in [0.15, 0.2) is 0 Å². The highest BCUT2D eigenvalue weighted by atomic mass is 32.2. The van der Waals surface area contributed by atoms with Gasteiger partial charge in [-0.25, -0.2) is 34.4 Å². The molecule has 1 saturated heterocycles. The summed E-state index contributed by atoms with van der Waals surface area (Å²) in [5, 5.41) is 0. The summed E-state index contributed by atoms with van der Waals surface area (Å²) in [5.74, 6) is -4.32. The molecule has 0 bridgehead atoms. The Balaban J connectivity index is 1.80. The van der Waals surface area contributed by atoms with Crippen LogP contribution in [0.1, 0.15) is 0 Å². The summed E-state index contributed by atoms with van der Waals surface area (Å²) in [6, 6.07) is 3.88. The molecular weight excluding hydrogens is 424 g/mol. The zero-order valence-electron chi connectivity index (χ0n) is 14.1. The van der Waals surface area contributed by atoms with Crippen LogP contribution in [0, 0.1) is 23.3 Å². The molecule has 1 aliphatic heterocycles. The monoisotopic (exact) mass is 438 g/mol. The standard InChI is InChI=1S/C16H14F4N2O4S2/c17-11-1-2-16(15(20)10-11)28(25,26)22-5-3-21(4-6-22)27(23,24)14-8-12(18)7-13(19)9-14/h1-2,7-10H,3-6H2. The van der Waals surface area contributed by atoms with Crippen LogP contribution in [0.2, 0.25) is 0 Å². The van der Waals surface area contributed by atoms with Crippen LogP contribution in [0.3, 0.4) is 0 Å². The van der Waals surface area contributed by atoms with Gasteiger partial charge in [0.1, 0.15) is 28.2 Å². The Morgan fingerprint density at radius 1 is 0.643 bits per heavy atom. The van der Waals surface area contributed by atoms with E-state index >= 15 is 0 Å². The van der Waals surface area contributed by atoms with Gasteiger partial charge in [-0.15, -0.1) is 0 Å². The molecule has 1 aliphatic rings. The zero-order chi connectivity index (χ0) is 20.7. The molecule has 12 heteroatoms. The number of nitrogens with zero attached hydrogens (tertiary/aromatic N) is 2. The number of halogens is 4. The highest BCUT2D eigenvalue weighted by molar-refractivity contribution is 7.89. The van der Waals surface area contributed by atoms with E-state index in [1.165, 1.54) is 0 Å². The van der Waals surface area contributed by atoms with Gasteiger partial charge < -0.3 is 0 Å². The summed E-state index contributed by atoms with van der Waals surface area (Å²) < 4.78 is 105. The molecule has 6 nitrogen and oxygen atoms in total. The van der Waals surface area contributed by atoms with Gasteiger partial charge in [-0.3, -0.25) is 0 Å². The molecule has 0 radical (unpaired) electrons. The highest BCUT2D eigenvalue weighted by Crippen LogP contribution is 2.24. The fourth-order valence-corrected chi connectivity index (χ4v) is 5.73. The van der Waals surface area contributed by atoms with E-state index in [4.69, 9.17) is 0 Å². The van der Waals surface area contributed by atoms with Crippen LogP contribution in [0.4, 0.5) is 17.6 Å².